The highest BCUT2D eigenvalue weighted by atomic mass is 14.4. The van der Waals surface area contributed by atoms with Gasteiger partial charge in [0.2, 0.25) is 0 Å². The van der Waals surface area contributed by atoms with Gasteiger partial charge in [0, 0.05) is 0 Å². The van der Waals surface area contributed by atoms with Crippen molar-refractivity contribution in [1.82, 2.24) is 0 Å². The van der Waals surface area contributed by atoms with E-state index in [0.29, 0.717) is 5.41 Å². The lowest BCUT2D eigenvalue weighted by Crippen LogP contribution is -2.32. The molecule has 0 aromatic rings. The Bertz CT molecular complexity index is 160. The monoisotopic (exact) mass is 180 g/mol. The van der Waals surface area contributed by atoms with E-state index in [9.17, 15) is 0 Å². The van der Waals surface area contributed by atoms with E-state index in [1.165, 1.54) is 44.9 Å². The van der Waals surface area contributed by atoms with Crippen LogP contribution in [0.3, 0.4) is 0 Å². The van der Waals surface area contributed by atoms with E-state index in [2.05, 4.69) is 13.8 Å². The summed E-state index contributed by atoms with van der Waals surface area (Å²) in [6, 6.07) is 0. The molecule has 0 atom stereocenters. The Morgan fingerprint density at radius 3 is 1.69 bits per heavy atom. The largest absolute Gasteiger partial charge is 0.0599 e. The molecule has 0 heteroatoms. The summed E-state index contributed by atoms with van der Waals surface area (Å²) in [6.07, 6.45) is 13.6. The van der Waals surface area contributed by atoms with Crippen molar-refractivity contribution in [3.8, 4) is 0 Å². The zero-order chi connectivity index (χ0) is 9.36. The average molecular weight is 180 g/mol. The molecule has 2 saturated carbocycles. The van der Waals surface area contributed by atoms with Gasteiger partial charge in [0.15, 0.2) is 0 Å². The van der Waals surface area contributed by atoms with Crippen LogP contribution in [0.2, 0.25) is 0 Å². The summed E-state index contributed by atoms with van der Waals surface area (Å²) in [5.41, 5.74) is 1.47. The lowest BCUT2D eigenvalue weighted by molar-refractivity contribution is 0.0642. The molecule has 0 amide bonds. The Morgan fingerprint density at radius 2 is 1.15 bits per heavy atom. The quantitative estimate of drug-likeness (QED) is 0.513. The topological polar surface area (TPSA) is 0 Å². The van der Waals surface area contributed by atoms with Crippen molar-refractivity contribution < 1.29 is 0 Å². The summed E-state index contributed by atoms with van der Waals surface area (Å²) < 4.78 is 0. The summed E-state index contributed by atoms with van der Waals surface area (Å²) in [7, 11) is 0. The molecule has 13 heavy (non-hydrogen) atoms. The fraction of sp³-hybridized carbons (Fsp3) is 1.00. The van der Waals surface area contributed by atoms with Crippen LogP contribution in [0.15, 0.2) is 0 Å². The van der Waals surface area contributed by atoms with Crippen LogP contribution >= 0.6 is 0 Å². The van der Waals surface area contributed by atoms with Gasteiger partial charge in [-0.15, -0.1) is 0 Å². The highest BCUT2D eigenvalue weighted by molar-refractivity contribution is 4.90. The van der Waals surface area contributed by atoms with Crippen LogP contribution in [0.4, 0.5) is 0 Å². The molecule has 0 radical (unpaired) electrons. The lowest BCUT2D eigenvalue weighted by Gasteiger charge is -2.46. The van der Waals surface area contributed by atoms with Gasteiger partial charge in [0.1, 0.15) is 0 Å². The molecular weight excluding hydrogens is 156 g/mol. The Labute approximate surface area is 83.1 Å². The molecule has 0 heterocycles. The molecule has 0 unspecified atom stereocenters. The van der Waals surface area contributed by atoms with Crippen molar-refractivity contribution in [1.29, 1.82) is 0 Å². The Balaban J connectivity index is 1.95. The Hall–Kier alpha value is 0. The third-order valence-corrected chi connectivity index (χ3v) is 4.58. The maximum absolute atomic E-state index is 2.45. The second-order valence-corrected chi connectivity index (χ2v) is 6.22. The van der Waals surface area contributed by atoms with Crippen LogP contribution < -0.4 is 0 Å². The van der Waals surface area contributed by atoms with Gasteiger partial charge in [-0.1, -0.05) is 33.1 Å². The third kappa shape index (κ3) is 2.08. The molecule has 0 saturated heterocycles. The van der Waals surface area contributed by atoms with Gasteiger partial charge in [-0.3, -0.25) is 0 Å². The van der Waals surface area contributed by atoms with Crippen molar-refractivity contribution in [3.05, 3.63) is 0 Å². The molecule has 2 rings (SSSR count). The predicted octanol–water partition coefficient (Wildman–Crippen LogP) is 4.54. The molecule has 2 fully saturated rings. The van der Waals surface area contributed by atoms with Crippen molar-refractivity contribution in [2.45, 2.75) is 71.6 Å². The molecule has 0 nitrogen and oxygen atoms in total. The lowest BCUT2D eigenvalue weighted by atomic mass is 9.60. The van der Waals surface area contributed by atoms with Gasteiger partial charge in [-0.05, 0) is 49.4 Å². The highest BCUT2D eigenvalue weighted by Crippen LogP contribution is 2.52. The fourth-order valence-electron chi connectivity index (χ4n) is 3.26. The van der Waals surface area contributed by atoms with E-state index < -0.39 is 0 Å². The van der Waals surface area contributed by atoms with Crippen LogP contribution in [0.25, 0.3) is 0 Å². The zero-order valence-corrected chi connectivity index (χ0v) is 9.36. The smallest absolute Gasteiger partial charge is 0.0297 e. The normalized spacial score (nSPS) is 31.8. The van der Waals surface area contributed by atoms with Crippen molar-refractivity contribution in [2.24, 2.45) is 10.8 Å². The zero-order valence-electron chi connectivity index (χ0n) is 9.36. The standard InChI is InChI=1S/C13H24/c1-12(2)8-10-13(11-9-12)6-4-3-5-7-13/h3-11H2,1-2H3. The average Bonchev–Trinajstić information content (AvgIpc) is 2.13. The van der Waals surface area contributed by atoms with Gasteiger partial charge in [-0.2, -0.15) is 0 Å². The van der Waals surface area contributed by atoms with Gasteiger partial charge in [0.25, 0.3) is 0 Å². The summed E-state index contributed by atoms with van der Waals surface area (Å²) in [5, 5.41) is 0. The molecule has 0 aromatic heterocycles. The van der Waals surface area contributed by atoms with Crippen LogP contribution in [0, 0.1) is 10.8 Å². The molecule has 0 N–H and O–H groups in total. The van der Waals surface area contributed by atoms with E-state index >= 15 is 0 Å². The van der Waals surface area contributed by atoms with Crippen molar-refractivity contribution >= 4 is 0 Å². The van der Waals surface area contributed by atoms with E-state index in [-0.39, 0.29) is 0 Å². The number of hydrogen-bond donors (Lipinski definition) is 0. The third-order valence-electron chi connectivity index (χ3n) is 4.58. The molecule has 1 spiro atoms. The minimum absolute atomic E-state index is 0.655. The van der Waals surface area contributed by atoms with Crippen LogP contribution in [0.5, 0.6) is 0 Å². The highest BCUT2D eigenvalue weighted by Gasteiger charge is 2.38. The fourth-order valence-corrected chi connectivity index (χ4v) is 3.26. The molecule has 0 bridgehead atoms. The Morgan fingerprint density at radius 1 is 0.615 bits per heavy atom. The van der Waals surface area contributed by atoms with E-state index in [1.807, 2.05) is 0 Å². The predicted molar refractivity (Wildman–Crippen MR) is 57.8 cm³/mol. The second-order valence-electron chi connectivity index (χ2n) is 6.22. The van der Waals surface area contributed by atoms with Crippen LogP contribution in [-0.2, 0) is 0 Å². The minimum Gasteiger partial charge on any atom is -0.0599 e. The number of hydrogen-bond acceptors (Lipinski definition) is 0. The minimum atomic E-state index is 0.655. The van der Waals surface area contributed by atoms with E-state index in [0.717, 1.165) is 5.41 Å². The first-order chi connectivity index (χ1) is 6.12. The molecule has 76 valence electrons. The molecule has 2 aliphatic carbocycles. The molecule has 0 aromatic carbocycles. The van der Waals surface area contributed by atoms with Crippen molar-refractivity contribution in [2.75, 3.05) is 0 Å². The van der Waals surface area contributed by atoms with Gasteiger partial charge >= 0.3 is 0 Å². The summed E-state index contributed by atoms with van der Waals surface area (Å²) in [6.45, 7) is 4.89. The summed E-state index contributed by atoms with van der Waals surface area (Å²) in [5.74, 6) is 0. The van der Waals surface area contributed by atoms with Crippen molar-refractivity contribution in [3.63, 3.8) is 0 Å². The van der Waals surface area contributed by atoms with Crippen LogP contribution in [0.1, 0.15) is 71.6 Å². The second kappa shape index (κ2) is 3.29. The van der Waals surface area contributed by atoms with Gasteiger partial charge in [-0.25, -0.2) is 0 Å². The molecular formula is C13H24. The maximum atomic E-state index is 2.45. The first kappa shape index (κ1) is 9.55. The van der Waals surface area contributed by atoms with E-state index in [1.54, 1.807) is 12.8 Å². The molecule has 2 aliphatic rings. The van der Waals surface area contributed by atoms with Crippen LogP contribution in [-0.4, -0.2) is 0 Å². The first-order valence-electron chi connectivity index (χ1n) is 6.12. The van der Waals surface area contributed by atoms with Gasteiger partial charge in [0.05, 0.1) is 0 Å². The van der Waals surface area contributed by atoms with Gasteiger partial charge < -0.3 is 0 Å². The first-order valence-corrected chi connectivity index (χ1v) is 6.12. The summed E-state index contributed by atoms with van der Waals surface area (Å²) >= 11 is 0. The number of rotatable bonds is 0. The summed E-state index contributed by atoms with van der Waals surface area (Å²) in [4.78, 5) is 0. The van der Waals surface area contributed by atoms with E-state index in [4.69, 9.17) is 0 Å². The Kier molecular flexibility index (Phi) is 2.42. The molecule has 0 aliphatic heterocycles. The maximum Gasteiger partial charge on any atom is -0.0297 e. The SMILES string of the molecule is CC1(C)CCC2(CCCCC2)CC1.